The molecule has 15 heavy (non-hydrogen) atoms. The summed E-state index contributed by atoms with van der Waals surface area (Å²) in [7, 11) is 0. The van der Waals surface area contributed by atoms with E-state index in [-0.39, 0.29) is 11.2 Å². The summed E-state index contributed by atoms with van der Waals surface area (Å²) >= 11 is 0. The van der Waals surface area contributed by atoms with E-state index >= 15 is 0 Å². The van der Waals surface area contributed by atoms with Crippen LogP contribution in [0.1, 0.15) is 50.3 Å². The van der Waals surface area contributed by atoms with Gasteiger partial charge in [-0.2, -0.15) is 0 Å². The van der Waals surface area contributed by atoms with Crippen molar-refractivity contribution in [2.75, 3.05) is 0 Å². The summed E-state index contributed by atoms with van der Waals surface area (Å²) in [5.74, 6) is -0.0429. The Balaban J connectivity index is 3.36. The number of rotatable bonds is 3. The van der Waals surface area contributed by atoms with Gasteiger partial charge in [0.25, 0.3) is 0 Å². The molecule has 84 valence electrons. The average molecular weight is 208 g/mol. The molecule has 1 aromatic rings. The summed E-state index contributed by atoms with van der Waals surface area (Å²) in [5, 5.41) is 0. The van der Waals surface area contributed by atoms with Crippen molar-refractivity contribution < 1.29 is 4.39 Å². The standard InChI is InChI=1S/C14H21F/c1-6-14(5,7-2)13-11(4)8-10(3)9-12(13)15/h8-9H,6-7H2,1-5H3. The van der Waals surface area contributed by atoms with Gasteiger partial charge < -0.3 is 0 Å². The van der Waals surface area contributed by atoms with E-state index in [0.29, 0.717) is 0 Å². The molecule has 0 saturated carbocycles. The first kappa shape index (κ1) is 12.2. The highest BCUT2D eigenvalue weighted by Crippen LogP contribution is 2.35. The molecule has 0 fully saturated rings. The van der Waals surface area contributed by atoms with Crippen molar-refractivity contribution in [1.29, 1.82) is 0 Å². The highest BCUT2D eigenvalue weighted by atomic mass is 19.1. The van der Waals surface area contributed by atoms with Gasteiger partial charge in [-0.15, -0.1) is 0 Å². The lowest BCUT2D eigenvalue weighted by atomic mass is 9.75. The van der Waals surface area contributed by atoms with Gasteiger partial charge in [0.05, 0.1) is 0 Å². The maximum atomic E-state index is 14.0. The molecule has 0 aromatic heterocycles. The third-order valence-corrected chi connectivity index (χ3v) is 3.60. The van der Waals surface area contributed by atoms with E-state index in [9.17, 15) is 4.39 Å². The first-order valence-corrected chi connectivity index (χ1v) is 5.72. The summed E-state index contributed by atoms with van der Waals surface area (Å²) in [5.41, 5.74) is 2.96. The van der Waals surface area contributed by atoms with Crippen molar-refractivity contribution >= 4 is 0 Å². The van der Waals surface area contributed by atoms with E-state index in [4.69, 9.17) is 0 Å². The van der Waals surface area contributed by atoms with Gasteiger partial charge in [0, 0.05) is 0 Å². The van der Waals surface area contributed by atoms with Crippen LogP contribution in [-0.2, 0) is 5.41 Å². The zero-order chi connectivity index (χ0) is 11.6. The Hall–Kier alpha value is -0.850. The summed E-state index contributed by atoms with van der Waals surface area (Å²) in [6, 6.07) is 3.72. The Labute approximate surface area is 92.5 Å². The minimum absolute atomic E-state index is 0.0259. The first-order chi connectivity index (χ1) is 6.94. The molecular weight excluding hydrogens is 187 g/mol. The van der Waals surface area contributed by atoms with Crippen LogP contribution in [-0.4, -0.2) is 0 Å². The van der Waals surface area contributed by atoms with E-state index in [2.05, 4.69) is 26.8 Å². The van der Waals surface area contributed by atoms with Gasteiger partial charge >= 0.3 is 0 Å². The predicted molar refractivity (Wildman–Crippen MR) is 63.8 cm³/mol. The molecule has 1 heteroatoms. The molecule has 0 aliphatic rings. The summed E-state index contributed by atoms with van der Waals surface area (Å²) in [6.07, 6.45) is 1.95. The van der Waals surface area contributed by atoms with Gasteiger partial charge in [-0.1, -0.05) is 26.8 Å². The van der Waals surface area contributed by atoms with Crippen LogP contribution >= 0.6 is 0 Å². The van der Waals surface area contributed by atoms with Crippen LogP contribution in [0.3, 0.4) is 0 Å². The minimum atomic E-state index is -0.0429. The fraction of sp³-hybridized carbons (Fsp3) is 0.571. The third-order valence-electron chi connectivity index (χ3n) is 3.60. The lowest BCUT2D eigenvalue weighted by Crippen LogP contribution is -2.22. The van der Waals surface area contributed by atoms with Gasteiger partial charge in [-0.3, -0.25) is 0 Å². The van der Waals surface area contributed by atoms with Crippen LogP contribution in [0.25, 0.3) is 0 Å². The molecule has 1 aromatic carbocycles. The highest BCUT2D eigenvalue weighted by molar-refractivity contribution is 5.37. The second-order valence-corrected chi connectivity index (χ2v) is 4.71. The van der Waals surface area contributed by atoms with Crippen LogP contribution in [0.4, 0.5) is 4.39 Å². The molecule has 0 saturated heterocycles. The van der Waals surface area contributed by atoms with Crippen molar-refractivity contribution in [3.8, 4) is 0 Å². The number of hydrogen-bond acceptors (Lipinski definition) is 0. The van der Waals surface area contributed by atoms with Crippen LogP contribution < -0.4 is 0 Å². The smallest absolute Gasteiger partial charge is 0.127 e. The fourth-order valence-corrected chi connectivity index (χ4v) is 2.28. The monoisotopic (exact) mass is 208 g/mol. The molecule has 0 atom stereocenters. The van der Waals surface area contributed by atoms with Gasteiger partial charge in [-0.25, -0.2) is 4.39 Å². The number of aryl methyl sites for hydroxylation is 2. The van der Waals surface area contributed by atoms with Crippen molar-refractivity contribution in [1.82, 2.24) is 0 Å². The first-order valence-electron chi connectivity index (χ1n) is 5.72. The van der Waals surface area contributed by atoms with Crippen molar-refractivity contribution in [3.05, 3.63) is 34.6 Å². The molecule has 0 aliphatic heterocycles. The van der Waals surface area contributed by atoms with Crippen LogP contribution in [0.15, 0.2) is 12.1 Å². The fourth-order valence-electron chi connectivity index (χ4n) is 2.28. The lowest BCUT2D eigenvalue weighted by Gasteiger charge is -2.29. The molecular formula is C14H21F. The van der Waals surface area contributed by atoms with Crippen molar-refractivity contribution in [2.24, 2.45) is 0 Å². The minimum Gasteiger partial charge on any atom is -0.207 e. The Morgan fingerprint density at radius 3 is 2.07 bits per heavy atom. The van der Waals surface area contributed by atoms with Gasteiger partial charge in [-0.05, 0) is 54.9 Å². The molecule has 0 bridgehead atoms. The zero-order valence-electron chi connectivity index (χ0n) is 10.4. The average Bonchev–Trinajstić information content (AvgIpc) is 2.15. The zero-order valence-corrected chi connectivity index (χ0v) is 10.4. The third kappa shape index (κ3) is 2.22. The second-order valence-electron chi connectivity index (χ2n) is 4.71. The number of halogens is 1. The molecule has 0 heterocycles. The molecule has 0 nitrogen and oxygen atoms in total. The largest absolute Gasteiger partial charge is 0.207 e. The van der Waals surface area contributed by atoms with Gasteiger partial charge in [0.1, 0.15) is 5.82 Å². The Morgan fingerprint density at radius 2 is 1.67 bits per heavy atom. The summed E-state index contributed by atoms with van der Waals surface area (Å²) < 4.78 is 14.0. The Kier molecular flexibility index (Phi) is 3.54. The van der Waals surface area contributed by atoms with Crippen molar-refractivity contribution in [3.63, 3.8) is 0 Å². The molecule has 0 unspecified atom stereocenters. The topological polar surface area (TPSA) is 0 Å². The van der Waals surface area contributed by atoms with Gasteiger partial charge in [0.2, 0.25) is 0 Å². The van der Waals surface area contributed by atoms with E-state index in [1.54, 1.807) is 6.07 Å². The molecule has 0 N–H and O–H groups in total. The summed E-state index contributed by atoms with van der Waals surface area (Å²) in [4.78, 5) is 0. The van der Waals surface area contributed by atoms with E-state index in [1.807, 2.05) is 13.8 Å². The lowest BCUT2D eigenvalue weighted by molar-refractivity contribution is 0.412. The highest BCUT2D eigenvalue weighted by Gasteiger charge is 2.27. The Morgan fingerprint density at radius 1 is 1.13 bits per heavy atom. The van der Waals surface area contributed by atoms with E-state index in [0.717, 1.165) is 29.5 Å². The SMILES string of the molecule is CCC(C)(CC)c1c(C)cc(C)cc1F. The summed E-state index contributed by atoms with van der Waals surface area (Å²) in [6.45, 7) is 10.3. The number of hydrogen-bond donors (Lipinski definition) is 0. The van der Waals surface area contributed by atoms with Gasteiger partial charge in [0.15, 0.2) is 0 Å². The number of benzene rings is 1. The van der Waals surface area contributed by atoms with Crippen LogP contribution in [0.5, 0.6) is 0 Å². The predicted octanol–water partition coefficient (Wildman–Crippen LogP) is 4.52. The van der Waals surface area contributed by atoms with E-state index in [1.165, 1.54) is 0 Å². The molecule has 0 spiro atoms. The molecule has 0 aliphatic carbocycles. The van der Waals surface area contributed by atoms with E-state index < -0.39 is 0 Å². The molecule has 0 amide bonds. The van der Waals surface area contributed by atoms with Crippen molar-refractivity contribution in [2.45, 2.75) is 52.9 Å². The van der Waals surface area contributed by atoms with Crippen LogP contribution in [0.2, 0.25) is 0 Å². The Bertz CT molecular complexity index is 325. The molecule has 0 radical (unpaired) electrons. The molecule has 1 rings (SSSR count). The quantitative estimate of drug-likeness (QED) is 0.685. The maximum Gasteiger partial charge on any atom is 0.127 e. The van der Waals surface area contributed by atoms with Crippen LogP contribution in [0, 0.1) is 19.7 Å². The second kappa shape index (κ2) is 4.34. The maximum absolute atomic E-state index is 14.0. The normalized spacial score (nSPS) is 11.9.